The first kappa shape index (κ1) is 10.7. The third-order valence-corrected chi connectivity index (χ3v) is 2.82. The summed E-state index contributed by atoms with van der Waals surface area (Å²) in [6.07, 6.45) is 3.08. The molecule has 0 fully saturated rings. The molecule has 0 radical (unpaired) electrons. The highest BCUT2D eigenvalue weighted by Crippen LogP contribution is 2.32. The van der Waals surface area contributed by atoms with Crippen LogP contribution in [0.15, 0.2) is 36.7 Å². The molecular weight excluding hydrogens is 233 g/mol. The summed E-state index contributed by atoms with van der Waals surface area (Å²) in [6.45, 7) is 0. The fraction of sp³-hybridized carbons (Fsp3) is 0.0769. The lowest BCUT2D eigenvalue weighted by atomic mass is 10.0. The number of aromatic amines is 1. The van der Waals surface area contributed by atoms with Crippen molar-refractivity contribution in [3.63, 3.8) is 0 Å². The van der Waals surface area contributed by atoms with Gasteiger partial charge < -0.3 is 4.74 Å². The Morgan fingerprint density at radius 1 is 1.28 bits per heavy atom. The molecule has 0 spiro atoms. The Balaban J connectivity index is 2.24. The van der Waals surface area contributed by atoms with Crippen LogP contribution in [0.2, 0.25) is 0 Å². The summed E-state index contributed by atoms with van der Waals surface area (Å²) in [4.78, 5) is 3.66. The molecule has 0 saturated carbocycles. The normalized spacial score (nSPS) is 10.8. The van der Waals surface area contributed by atoms with Gasteiger partial charge in [0.1, 0.15) is 5.75 Å². The Labute approximate surface area is 102 Å². The molecule has 3 rings (SSSR count). The highest BCUT2D eigenvalue weighted by Gasteiger charge is 2.13. The Bertz CT molecular complexity index is 708. The van der Waals surface area contributed by atoms with Gasteiger partial charge in [-0.3, -0.25) is 5.10 Å². The molecule has 5 heteroatoms. The topological polar surface area (TPSA) is 50.8 Å². The van der Waals surface area contributed by atoms with E-state index >= 15 is 0 Å². The van der Waals surface area contributed by atoms with Crippen LogP contribution in [-0.4, -0.2) is 22.3 Å². The van der Waals surface area contributed by atoms with Gasteiger partial charge in [0.05, 0.1) is 24.4 Å². The van der Waals surface area contributed by atoms with Crippen LogP contribution in [0.5, 0.6) is 5.75 Å². The maximum absolute atomic E-state index is 13.8. The molecule has 1 aromatic carbocycles. The van der Waals surface area contributed by atoms with E-state index in [0.29, 0.717) is 16.9 Å². The van der Waals surface area contributed by atoms with E-state index in [0.717, 1.165) is 10.9 Å². The van der Waals surface area contributed by atoms with E-state index < -0.39 is 5.95 Å². The first-order chi connectivity index (χ1) is 8.79. The van der Waals surface area contributed by atoms with Crippen molar-refractivity contribution in [1.29, 1.82) is 0 Å². The molecule has 0 aliphatic heterocycles. The molecule has 0 aliphatic rings. The predicted octanol–water partition coefficient (Wildman–Crippen LogP) is 2.77. The van der Waals surface area contributed by atoms with Gasteiger partial charge in [-0.1, -0.05) is 6.07 Å². The smallest absolute Gasteiger partial charge is 0.224 e. The van der Waals surface area contributed by atoms with Gasteiger partial charge in [-0.15, -0.1) is 0 Å². The zero-order valence-electron chi connectivity index (χ0n) is 9.64. The van der Waals surface area contributed by atoms with Crippen LogP contribution in [0.3, 0.4) is 0 Å². The van der Waals surface area contributed by atoms with E-state index in [-0.39, 0.29) is 0 Å². The number of rotatable bonds is 2. The molecule has 0 aliphatic carbocycles. The van der Waals surface area contributed by atoms with Gasteiger partial charge >= 0.3 is 0 Å². The molecule has 0 bridgehead atoms. The Kier molecular flexibility index (Phi) is 2.44. The average molecular weight is 243 g/mol. The molecule has 0 amide bonds. The maximum Gasteiger partial charge on any atom is 0.224 e. The lowest BCUT2D eigenvalue weighted by Crippen LogP contribution is -1.94. The summed E-state index contributed by atoms with van der Waals surface area (Å²) in [5.41, 5.74) is 1.98. The van der Waals surface area contributed by atoms with Gasteiger partial charge in [-0.25, -0.2) is 4.98 Å². The number of benzene rings is 1. The number of pyridine rings is 1. The standard InChI is InChI=1S/C13H10FN3O/c1-18-11-4-5-15-13(14)12(11)8-2-3-10-9(6-8)7-16-17-10/h2-7H,1H3,(H,16,17). The van der Waals surface area contributed by atoms with E-state index in [1.54, 1.807) is 12.3 Å². The first-order valence-electron chi connectivity index (χ1n) is 5.41. The second-order valence-electron chi connectivity index (χ2n) is 3.85. The Hall–Kier alpha value is -2.43. The Morgan fingerprint density at radius 2 is 2.17 bits per heavy atom. The second kappa shape index (κ2) is 4.10. The molecule has 2 aromatic heterocycles. The zero-order valence-corrected chi connectivity index (χ0v) is 9.64. The minimum absolute atomic E-state index is 0.364. The SMILES string of the molecule is COc1ccnc(F)c1-c1ccc2[nH]ncc2c1. The van der Waals surface area contributed by atoms with Crippen molar-refractivity contribution in [1.82, 2.24) is 15.2 Å². The number of halogens is 1. The third-order valence-electron chi connectivity index (χ3n) is 2.82. The van der Waals surface area contributed by atoms with Gasteiger partial charge in [0.25, 0.3) is 0 Å². The number of hydrogen-bond acceptors (Lipinski definition) is 3. The molecule has 0 saturated heterocycles. The van der Waals surface area contributed by atoms with E-state index in [9.17, 15) is 4.39 Å². The second-order valence-corrected chi connectivity index (χ2v) is 3.85. The fourth-order valence-electron chi connectivity index (χ4n) is 1.95. The van der Waals surface area contributed by atoms with Gasteiger partial charge in [0, 0.05) is 11.6 Å². The largest absolute Gasteiger partial charge is 0.496 e. The molecule has 18 heavy (non-hydrogen) atoms. The van der Waals surface area contributed by atoms with Crippen LogP contribution in [0.1, 0.15) is 0 Å². The number of fused-ring (bicyclic) bond motifs is 1. The number of methoxy groups -OCH3 is 1. The van der Waals surface area contributed by atoms with E-state index in [4.69, 9.17) is 4.74 Å². The lowest BCUT2D eigenvalue weighted by Gasteiger charge is -2.08. The summed E-state index contributed by atoms with van der Waals surface area (Å²) >= 11 is 0. The third kappa shape index (κ3) is 1.60. The van der Waals surface area contributed by atoms with E-state index in [2.05, 4.69) is 15.2 Å². The molecule has 0 atom stereocenters. The number of H-pyrrole nitrogens is 1. The van der Waals surface area contributed by atoms with Crippen LogP contribution in [0.25, 0.3) is 22.0 Å². The number of nitrogens with one attached hydrogen (secondary N) is 1. The minimum atomic E-state index is -0.544. The fourth-order valence-corrected chi connectivity index (χ4v) is 1.95. The van der Waals surface area contributed by atoms with Gasteiger partial charge in [0.2, 0.25) is 5.95 Å². The first-order valence-corrected chi connectivity index (χ1v) is 5.41. The van der Waals surface area contributed by atoms with Crippen LogP contribution < -0.4 is 4.74 Å². The number of nitrogens with zero attached hydrogens (tertiary/aromatic N) is 2. The average Bonchev–Trinajstić information content (AvgIpc) is 2.85. The zero-order chi connectivity index (χ0) is 12.5. The van der Waals surface area contributed by atoms with Crippen molar-refractivity contribution < 1.29 is 9.13 Å². The lowest BCUT2D eigenvalue weighted by molar-refractivity contribution is 0.411. The summed E-state index contributed by atoms with van der Waals surface area (Å²) in [6, 6.07) is 7.14. The predicted molar refractivity (Wildman–Crippen MR) is 65.8 cm³/mol. The number of ether oxygens (including phenoxy) is 1. The summed E-state index contributed by atoms with van der Waals surface area (Å²) in [7, 11) is 1.51. The molecule has 2 heterocycles. The van der Waals surface area contributed by atoms with Crippen LogP contribution in [0.4, 0.5) is 4.39 Å². The van der Waals surface area contributed by atoms with Crippen molar-refractivity contribution in [2.24, 2.45) is 0 Å². The number of hydrogen-bond donors (Lipinski definition) is 1. The highest BCUT2D eigenvalue weighted by molar-refractivity contribution is 5.85. The van der Waals surface area contributed by atoms with E-state index in [1.807, 2.05) is 18.2 Å². The van der Waals surface area contributed by atoms with Crippen LogP contribution in [0, 0.1) is 5.95 Å². The molecular formula is C13H10FN3O. The molecule has 1 N–H and O–H groups in total. The molecule has 3 aromatic rings. The molecule has 0 unspecified atom stereocenters. The van der Waals surface area contributed by atoms with Crippen molar-refractivity contribution >= 4 is 10.9 Å². The highest BCUT2D eigenvalue weighted by atomic mass is 19.1. The summed E-state index contributed by atoms with van der Waals surface area (Å²) in [5.74, 6) is -0.0810. The van der Waals surface area contributed by atoms with Crippen LogP contribution >= 0.6 is 0 Å². The summed E-state index contributed by atoms with van der Waals surface area (Å²) in [5, 5.41) is 7.70. The van der Waals surface area contributed by atoms with Crippen molar-refractivity contribution in [3.8, 4) is 16.9 Å². The Morgan fingerprint density at radius 3 is 3.00 bits per heavy atom. The van der Waals surface area contributed by atoms with Crippen LogP contribution in [-0.2, 0) is 0 Å². The molecule has 90 valence electrons. The van der Waals surface area contributed by atoms with Crippen molar-refractivity contribution in [3.05, 3.63) is 42.6 Å². The minimum Gasteiger partial charge on any atom is -0.496 e. The van der Waals surface area contributed by atoms with Gasteiger partial charge in [-0.2, -0.15) is 9.49 Å². The van der Waals surface area contributed by atoms with Gasteiger partial charge in [-0.05, 0) is 23.8 Å². The summed E-state index contributed by atoms with van der Waals surface area (Å²) < 4.78 is 19.0. The van der Waals surface area contributed by atoms with E-state index in [1.165, 1.54) is 13.3 Å². The van der Waals surface area contributed by atoms with Crippen molar-refractivity contribution in [2.45, 2.75) is 0 Å². The maximum atomic E-state index is 13.8. The monoisotopic (exact) mass is 243 g/mol. The molecule has 4 nitrogen and oxygen atoms in total. The number of aromatic nitrogens is 3. The quantitative estimate of drug-likeness (QED) is 0.704. The van der Waals surface area contributed by atoms with Crippen molar-refractivity contribution in [2.75, 3.05) is 7.11 Å². The van der Waals surface area contributed by atoms with Gasteiger partial charge in [0.15, 0.2) is 0 Å².